The zero-order valence-corrected chi connectivity index (χ0v) is 24.3. The minimum atomic E-state index is -3.77. The van der Waals surface area contributed by atoms with Crippen LogP contribution in [0.2, 0.25) is 0 Å². The molecule has 1 heterocycles. The number of nitro benzene ring substituents is 1. The van der Waals surface area contributed by atoms with Crippen molar-refractivity contribution in [3.8, 4) is 0 Å². The van der Waals surface area contributed by atoms with Crippen molar-refractivity contribution in [3.63, 3.8) is 0 Å². The topological polar surface area (TPSA) is 154 Å². The van der Waals surface area contributed by atoms with Gasteiger partial charge in [0.15, 0.2) is 0 Å². The van der Waals surface area contributed by atoms with Gasteiger partial charge in [0.2, 0.25) is 15.9 Å². The molecule has 4 rings (SSSR count). The number of nitro groups is 1. The standard InChI is InChI=1S/C29H32N6O6S/c1-4-42(40,41)34(19-26(36)30-16-17-33(2)3)22-12-10-21(11-13-22)31-28(20-8-6-5-7-9-20)27-24-18-23(35(38)39)14-15-25(24)32-29(27)37/h5-15,18,31H,4,16-17,19H2,1-3H3,(H,30,36)(H,32,37). The molecule has 0 atom stereocenters. The molecule has 3 N–H and O–H groups in total. The second kappa shape index (κ2) is 12.8. The highest BCUT2D eigenvalue weighted by atomic mass is 32.2. The van der Waals surface area contributed by atoms with E-state index in [0.717, 1.165) is 4.31 Å². The van der Waals surface area contributed by atoms with Gasteiger partial charge >= 0.3 is 0 Å². The summed E-state index contributed by atoms with van der Waals surface area (Å²) in [5.74, 6) is -1.04. The lowest BCUT2D eigenvalue weighted by Crippen LogP contribution is -2.43. The van der Waals surface area contributed by atoms with Gasteiger partial charge in [-0.05, 0) is 56.9 Å². The van der Waals surface area contributed by atoms with E-state index in [2.05, 4.69) is 16.0 Å². The molecule has 3 aromatic rings. The number of fused-ring (bicyclic) bond motifs is 1. The van der Waals surface area contributed by atoms with E-state index in [0.29, 0.717) is 47.0 Å². The van der Waals surface area contributed by atoms with E-state index in [-0.39, 0.29) is 23.6 Å². The van der Waals surface area contributed by atoms with E-state index in [4.69, 9.17) is 0 Å². The van der Waals surface area contributed by atoms with Gasteiger partial charge in [-0.3, -0.25) is 24.0 Å². The average Bonchev–Trinajstić information content (AvgIpc) is 3.29. The first-order chi connectivity index (χ1) is 20.0. The zero-order chi connectivity index (χ0) is 30.4. The highest BCUT2D eigenvalue weighted by Crippen LogP contribution is 2.39. The normalized spacial score (nSPS) is 13.8. The third-order valence-corrected chi connectivity index (χ3v) is 8.31. The molecular weight excluding hydrogens is 560 g/mol. The number of amides is 2. The molecule has 3 aromatic carbocycles. The summed E-state index contributed by atoms with van der Waals surface area (Å²) in [6.07, 6.45) is 0. The Morgan fingerprint density at radius 3 is 2.33 bits per heavy atom. The van der Waals surface area contributed by atoms with Crippen LogP contribution in [0.15, 0.2) is 72.8 Å². The molecule has 12 nitrogen and oxygen atoms in total. The smallest absolute Gasteiger partial charge is 0.270 e. The van der Waals surface area contributed by atoms with Crippen LogP contribution in [0, 0.1) is 10.1 Å². The Hall–Kier alpha value is -4.75. The van der Waals surface area contributed by atoms with Crippen LogP contribution in [0.25, 0.3) is 11.3 Å². The predicted octanol–water partition coefficient (Wildman–Crippen LogP) is 3.36. The maximum absolute atomic E-state index is 13.1. The van der Waals surface area contributed by atoms with Crippen molar-refractivity contribution in [1.29, 1.82) is 0 Å². The Morgan fingerprint density at radius 1 is 1.02 bits per heavy atom. The summed E-state index contributed by atoms with van der Waals surface area (Å²) >= 11 is 0. The van der Waals surface area contributed by atoms with Gasteiger partial charge in [0.1, 0.15) is 6.54 Å². The number of hydrogen-bond donors (Lipinski definition) is 3. The molecule has 0 spiro atoms. The molecule has 0 radical (unpaired) electrons. The largest absolute Gasteiger partial charge is 0.354 e. The molecule has 1 aliphatic rings. The lowest BCUT2D eigenvalue weighted by Gasteiger charge is -2.24. The second-order valence-corrected chi connectivity index (χ2v) is 12.0. The van der Waals surface area contributed by atoms with E-state index < -0.39 is 26.8 Å². The van der Waals surface area contributed by atoms with Crippen molar-refractivity contribution < 1.29 is 22.9 Å². The first-order valence-corrected chi connectivity index (χ1v) is 14.8. The van der Waals surface area contributed by atoms with E-state index in [9.17, 15) is 28.1 Å². The van der Waals surface area contributed by atoms with Gasteiger partial charge in [0.05, 0.1) is 27.6 Å². The van der Waals surface area contributed by atoms with Gasteiger partial charge < -0.3 is 20.9 Å². The highest BCUT2D eigenvalue weighted by molar-refractivity contribution is 7.92. The van der Waals surface area contributed by atoms with E-state index >= 15 is 0 Å². The van der Waals surface area contributed by atoms with Crippen LogP contribution in [0.4, 0.5) is 22.7 Å². The molecule has 220 valence electrons. The molecule has 0 saturated heterocycles. The molecule has 0 bridgehead atoms. The monoisotopic (exact) mass is 592 g/mol. The number of sulfonamides is 1. The number of carbonyl (C=O) groups is 2. The lowest BCUT2D eigenvalue weighted by atomic mass is 9.99. The molecule has 0 saturated carbocycles. The van der Waals surface area contributed by atoms with E-state index in [1.165, 1.54) is 25.1 Å². The van der Waals surface area contributed by atoms with Crippen molar-refractivity contribution in [1.82, 2.24) is 10.2 Å². The van der Waals surface area contributed by atoms with E-state index in [1.54, 1.807) is 48.5 Å². The molecule has 1 aliphatic heterocycles. The summed E-state index contributed by atoms with van der Waals surface area (Å²) < 4.78 is 26.8. The molecule has 13 heteroatoms. The molecule has 0 fully saturated rings. The van der Waals surface area contributed by atoms with Crippen LogP contribution in [0.5, 0.6) is 0 Å². The molecular formula is C29H32N6O6S. The molecule has 0 aliphatic carbocycles. The maximum atomic E-state index is 13.1. The van der Waals surface area contributed by atoms with Crippen molar-refractivity contribution in [3.05, 3.63) is 94.0 Å². The number of rotatable bonds is 12. The first-order valence-electron chi connectivity index (χ1n) is 13.2. The first kappa shape index (κ1) is 30.2. The fraction of sp³-hybridized carbons (Fsp3) is 0.241. The Labute approximate surface area is 244 Å². The molecule has 0 unspecified atom stereocenters. The number of nitrogens with one attached hydrogen (secondary N) is 3. The summed E-state index contributed by atoms with van der Waals surface area (Å²) in [4.78, 5) is 38.5. The van der Waals surface area contributed by atoms with Crippen molar-refractivity contribution in [2.45, 2.75) is 6.92 Å². The average molecular weight is 593 g/mol. The lowest BCUT2D eigenvalue weighted by molar-refractivity contribution is -0.384. The summed E-state index contributed by atoms with van der Waals surface area (Å²) in [6.45, 7) is 2.13. The second-order valence-electron chi connectivity index (χ2n) is 9.79. The summed E-state index contributed by atoms with van der Waals surface area (Å²) in [5, 5.41) is 20.2. The van der Waals surface area contributed by atoms with Gasteiger partial charge in [-0.2, -0.15) is 0 Å². The van der Waals surface area contributed by atoms with Crippen molar-refractivity contribution >= 4 is 55.9 Å². The number of likely N-dealkylation sites (N-methyl/N-ethyl adjacent to an activating group) is 1. The Morgan fingerprint density at radius 2 is 1.71 bits per heavy atom. The maximum Gasteiger partial charge on any atom is 0.270 e. The van der Waals surface area contributed by atoms with Crippen LogP contribution < -0.4 is 20.3 Å². The third-order valence-electron chi connectivity index (χ3n) is 6.56. The number of carbonyl (C=O) groups excluding carboxylic acids is 2. The summed E-state index contributed by atoms with van der Waals surface area (Å²) in [7, 11) is -0.0262. The Balaban J connectivity index is 1.68. The number of benzene rings is 3. The third kappa shape index (κ3) is 6.93. The van der Waals surface area contributed by atoms with Crippen molar-refractivity contribution in [2.75, 3.05) is 54.4 Å². The van der Waals surface area contributed by atoms with Crippen LogP contribution in [-0.4, -0.2) is 69.5 Å². The van der Waals surface area contributed by atoms with Crippen molar-refractivity contribution in [2.24, 2.45) is 0 Å². The number of non-ortho nitro benzene ring substituents is 1. The number of hydrogen-bond acceptors (Lipinski definition) is 8. The minimum absolute atomic E-state index is 0.150. The van der Waals surface area contributed by atoms with Crippen LogP contribution in [0.1, 0.15) is 18.1 Å². The molecule has 2 amide bonds. The van der Waals surface area contributed by atoms with Gasteiger partial charge in [-0.25, -0.2) is 8.42 Å². The predicted molar refractivity (Wildman–Crippen MR) is 163 cm³/mol. The summed E-state index contributed by atoms with van der Waals surface area (Å²) in [5.41, 5.74) is 2.83. The quantitative estimate of drug-likeness (QED) is 0.164. The number of nitrogens with zero attached hydrogens (tertiary/aromatic N) is 3. The van der Waals surface area contributed by atoms with Crippen LogP contribution >= 0.6 is 0 Å². The van der Waals surface area contributed by atoms with Gasteiger partial charge in [0, 0.05) is 42.2 Å². The van der Waals surface area contributed by atoms with Gasteiger partial charge in [-0.15, -0.1) is 0 Å². The van der Waals surface area contributed by atoms with Crippen LogP contribution in [0.3, 0.4) is 0 Å². The fourth-order valence-corrected chi connectivity index (χ4v) is 5.44. The fourth-order valence-electron chi connectivity index (χ4n) is 4.37. The highest BCUT2D eigenvalue weighted by Gasteiger charge is 2.30. The minimum Gasteiger partial charge on any atom is -0.354 e. The Bertz CT molecular complexity index is 1620. The zero-order valence-electron chi connectivity index (χ0n) is 23.5. The van der Waals surface area contributed by atoms with E-state index in [1.807, 2.05) is 25.1 Å². The Kier molecular flexibility index (Phi) is 9.23. The SMILES string of the molecule is CCS(=O)(=O)N(CC(=O)NCCN(C)C)c1ccc(NC(=C2C(=O)Nc3ccc([N+](=O)[O-])cc32)c2ccccc2)cc1. The van der Waals surface area contributed by atoms with Gasteiger partial charge in [-0.1, -0.05) is 30.3 Å². The molecule has 0 aromatic heterocycles. The van der Waals surface area contributed by atoms with Crippen LogP contribution in [-0.2, 0) is 19.6 Å². The number of anilines is 3. The molecule has 42 heavy (non-hydrogen) atoms. The summed E-state index contributed by atoms with van der Waals surface area (Å²) in [6, 6.07) is 19.6. The van der Waals surface area contributed by atoms with Gasteiger partial charge in [0.25, 0.3) is 11.6 Å².